The van der Waals surface area contributed by atoms with Crippen molar-refractivity contribution in [2.24, 2.45) is 0 Å². The second-order valence-electron chi connectivity index (χ2n) is 6.89. The Morgan fingerprint density at radius 1 is 0.586 bits per heavy atom. The number of hydrogen-bond donors (Lipinski definition) is 0. The molecule has 0 heterocycles. The van der Waals surface area contributed by atoms with Gasteiger partial charge in [-0.25, -0.2) is 9.59 Å². The third kappa shape index (κ3) is 5.32. The fraction of sp³-hybridized carbons (Fsp3) is 0.200. The molecule has 0 aliphatic rings. The summed E-state index contributed by atoms with van der Waals surface area (Å²) >= 11 is 0. The van der Waals surface area contributed by atoms with E-state index in [1.807, 2.05) is 56.3 Å². The molecule has 4 nitrogen and oxygen atoms in total. The summed E-state index contributed by atoms with van der Waals surface area (Å²) in [6.45, 7) is 3.65. The molecule has 3 rings (SSSR count). The van der Waals surface area contributed by atoms with E-state index in [-0.39, 0.29) is 5.92 Å². The maximum Gasteiger partial charge on any atom is 0.338 e. The molecule has 0 aliphatic carbocycles. The number of carbonyl (C=O) groups is 2. The zero-order chi connectivity index (χ0) is 20.6. The highest BCUT2D eigenvalue weighted by atomic mass is 16.6. The highest BCUT2D eigenvalue weighted by molar-refractivity contribution is 5.90. The van der Waals surface area contributed by atoms with Crippen LogP contribution >= 0.6 is 0 Å². The van der Waals surface area contributed by atoms with E-state index >= 15 is 0 Å². The lowest BCUT2D eigenvalue weighted by atomic mass is 9.89. The van der Waals surface area contributed by atoms with E-state index in [1.165, 1.54) is 0 Å². The molecule has 4 heteroatoms. The lowest BCUT2D eigenvalue weighted by molar-refractivity contribution is -0.00322. The van der Waals surface area contributed by atoms with Gasteiger partial charge >= 0.3 is 11.9 Å². The number of carbonyl (C=O) groups excluding carboxylic acids is 2. The van der Waals surface area contributed by atoms with Gasteiger partial charge in [0.25, 0.3) is 0 Å². The predicted molar refractivity (Wildman–Crippen MR) is 112 cm³/mol. The van der Waals surface area contributed by atoms with Gasteiger partial charge in [0.1, 0.15) is 12.2 Å². The Balaban J connectivity index is 1.79. The Bertz CT molecular complexity index is 863. The largest absolute Gasteiger partial charge is 0.458 e. The Hall–Kier alpha value is -3.40. The molecule has 0 N–H and O–H groups in total. The summed E-state index contributed by atoms with van der Waals surface area (Å²) in [6.07, 6.45) is -0.993. The monoisotopic (exact) mass is 388 g/mol. The van der Waals surface area contributed by atoms with Gasteiger partial charge in [-0.1, -0.05) is 66.7 Å². The van der Waals surface area contributed by atoms with Gasteiger partial charge in [-0.2, -0.15) is 0 Å². The summed E-state index contributed by atoms with van der Waals surface area (Å²) in [5.41, 5.74) is 1.91. The van der Waals surface area contributed by atoms with E-state index in [2.05, 4.69) is 0 Å². The average molecular weight is 388 g/mol. The second kappa shape index (κ2) is 9.69. The predicted octanol–water partition coefficient (Wildman–Crippen LogP) is 5.26. The first kappa shape index (κ1) is 20.3. The van der Waals surface area contributed by atoms with Gasteiger partial charge < -0.3 is 9.47 Å². The molecule has 0 spiro atoms. The van der Waals surface area contributed by atoms with Crippen molar-refractivity contribution < 1.29 is 19.1 Å². The van der Waals surface area contributed by atoms with E-state index in [0.717, 1.165) is 5.56 Å². The highest BCUT2D eigenvalue weighted by Crippen LogP contribution is 2.29. The summed E-state index contributed by atoms with van der Waals surface area (Å²) in [7, 11) is 0. The van der Waals surface area contributed by atoms with Crippen LogP contribution in [0.2, 0.25) is 0 Å². The molecular formula is C25H24O4. The summed E-state index contributed by atoms with van der Waals surface area (Å²) in [6, 6.07) is 27.4. The molecule has 148 valence electrons. The molecule has 2 unspecified atom stereocenters. The van der Waals surface area contributed by atoms with Gasteiger partial charge in [-0.05, 0) is 43.7 Å². The third-order valence-electron chi connectivity index (χ3n) is 4.80. The molecule has 0 fully saturated rings. The van der Waals surface area contributed by atoms with Crippen LogP contribution in [0.4, 0.5) is 0 Å². The van der Waals surface area contributed by atoms with E-state index in [9.17, 15) is 9.59 Å². The van der Waals surface area contributed by atoms with Gasteiger partial charge in [-0.15, -0.1) is 0 Å². The van der Waals surface area contributed by atoms with Crippen molar-refractivity contribution in [3.05, 3.63) is 108 Å². The van der Waals surface area contributed by atoms with Crippen LogP contribution in [0.15, 0.2) is 91.0 Å². The van der Waals surface area contributed by atoms with Crippen molar-refractivity contribution >= 4 is 11.9 Å². The van der Waals surface area contributed by atoms with E-state index < -0.39 is 24.1 Å². The Morgan fingerprint density at radius 2 is 0.931 bits per heavy atom. The number of ether oxygens (including phenoxy) is 2. The smallest absolute Gasteiger partial charge is 0.338 e. The van der Waals surface area contributed by atoms with Crippen LogP contribution in [0, 0.1) is 0 Å². The molecule has 0 aliphatic heterocycles. The van der Waals surface area contributed by atoms with Crippen molar-refractivity contribution in [3.63, 3.8) is 0 Å². The zero-order valence-corrected chi connectivity index (χ0v) is 16.5. The van der Waals surface area contributed by atoms with Crippen molar-refractivity contribution in [1.29, 1.82) is 0 Å². The number of hydrogen-bond acceptors (Lipinski definition) is 4. The molecule has 0 saturated carbocycles. The first-order valence-corrected chi connectivity index (χ1v) is 9.63. The minimum absolute atomic E-state index is 0.309. The number of esters is 2. The fourth-order valence-electron chi connectivity index (χ4n) is 3.37. The molecular weight excluding hydrogens is 364 g/mol. The normalized spacial score (nSPS) is 13.7. The van der Waals surface area contributed by atoms with Crippen molar-refractivity contribution in [3.8, 4) is 0 Å². The molecule has 3 aromatic rings. The van der Waals surface area contributed by atoms with Gasteiger partial charge in [0.2, 0.25) is 0 Å². The SMILES string of the molecule is CC(OC(=O)c1ccccc1)C(c1ccccc1)C(C)OC(=O)c1ccccc1. The van der Waals surface area contributed by atoms with Gasteiger partial charge in [0.05, 0.1) is 17.0 Å². The Morgan fingerprint density at radius 3 is 1.31 bits per heavy atom. The average Bonchev–Trinajstić information content (AvgIpc) is 2.75. The maximum absolute atomic E-state index is 12.5. The van der Waals surface area contributed by atoms with Crippen LogP contribution < -0.4 is 0 Å². The Labute approximate surface area is 171 Å². The molecule has 3 aromatic carbocycles. The minimum Gasteiger partial charge on any atom is -0.458 e. The van der Waals surface area contributed by atoms with E-state index in [4.69, 9.17) is 9.47 Å². The molecule has 0 radical (unpaired) electrons. The topological polar surface area (TPSA) is 52.6 Å². The number of rotatable bonds is 7. The lowest BCUT2D eigenvalue weighted by Crippen LogP contribution is -2.33. The van der Waals surface area contributed by atoms with Crippen LogP contribution in [0.3, 0.4) is 0 Å². The van der Waals surface area contributed by atoms with Crippen molar-refractivity contribution in [2.75, 3.05) is 0 Å². The summed E-state index contributed by atoms with van der Waals surface area (Å²) in [5.74, 6) is -1.11. The molecule has 29 heavy (non-hydrogen) atoms. The third-order valence-corrected chi connectivity index (χ3v) is 4.80. The quantitative estimate of drug-likeness (QED) is 0.518. The first-order chi connectivity index (χ1) is 14.1. The lowest BCUT2D eigenvalue weighted by Gasteiger charge is -2.29. The first-order valence-electron chi connectivity index (χ1n) is 9.63. The van der Waals surface area contributed by atoms with Crippen LogP contribution in [0.25, 0.3) is 0 Å². The molecule has 0 bridgehead atoms. The van der Waals surface area contributed by atoms with Crippen LogP contribution in [0.1, 0.15) is 46.0 Å². The number of benzene rings is 3. The fourth-order valence-corrected chi connectivity index (χ4v) is 3.37. The van der Waals surface area contributed by atoms with Gasteiger partial charge in [-0.3, -0.25) is 0 Å². The molecule has 0 amide bonds. The van der Waals surface area contributed by atoms with Gasteiger partial charge in [0, 0.05) is 0 Å². The van der Waals surface area contributed by atoms with Crippen LogP contribution in [0.5, 0.6) is 0 Å². The van der Waals surface area contributed by atoms with E-state index in [1.54, 1.807) is 48.5 Å². The van der Waals surface area contributed by atoms with E-state index in [0.29, 0.717) is 11.1 Å². The summed E-state index contributed by atoms with van der Waals surface area (Å²) < 4.78 is 11.5. The van der Waals surface area contributed by atoms with Crippen molar-refractivity contribution in [2.45, 2.75) is 32.0 Å². The highest BCUT2D eigenvalue weighted by Gasteiger charge is 2.31. The van der Waals surface area contributed by atoms with Gasteiger partial charge in [0.15, 0.2) is 0 Å². The zero-order valence-electron chi connectivity index (χ0n) is 16.5. The van der Waals surface area contributed by atoms with Crippen LogP contribution in [-0.4, -0.2) is 24.1 Å². The minimum atomic E-state index is -0.497. The Kier molecular flexibility index (Phi) is 6.80. The molecule has 0 aromatic heterocycles. The summed E-state index contributed by atoms with van der Waals surface area (Å²) in [5, 5.41) is 0. The standard InChI is InChI=1S/C25H24O4/c1-18(28-24(26)21-14-8-4-9-15-21)23(20-12-6-3-7-13-20)19(2)29-25(27)22-16-10-5-11-17-22/h3-19,23H,1-2H3. The molecule has 2 atom stereocenters. The molecule has 0 saturated heterocycles. The van der Waals surface area contributed by atoms with Crippen molar-refractivity contribution in [1.82, 2.24) is 0 Å². The second-order valence-corrected chi connectivity index (χ2v) is 6.89. The maximum atomic E-state index is 12.5. The van der Waals surface area contributed by atoms with Crippen LogP contribution in [-0.2, 0) is 9.47 Å². The summed E-state index contributed by atoms with van der Waals surface area (Å²) in [4.78, 5) is 25.1.